The average molecular weight is 278 g/mol. The molecule has 0 aliphatic heterocycles. The molecule has 4 unspecified atom stereocenters. The predicted molar refractivity (Wildman–Crippen MR) is 86.6 cm³/mol. The second kappa shape index (κ2) is 5.83. The molecule has 0 heterocycles. The first-order valence-electron chi connectivity index (χ1n) is 8.64. The van der Waals surface area contributed by atoms with Crippen molar-refractivity contribution >= 4 is 0 Å². The Labute approximate surface area is 125 Å². The van der Waals surface area contributed by atoms with E-state index >= 15 is 0 Å². The maximum absolute atomic E-state index is 9.84. The van der Waals surface area contributed by atoms with E-state index in [2.05, 4.69) is 20.4 Å². The third kappa shape index (κ3) is 3.30. The molecule has 0 saturated heterocycles. The predicted octanol–water partition coefficient (Wildman–Crippen LogP) is 5.34. The van der Waals surface area contributed by atoms with Gasteiger partial charge in [-0.05, 0) is 75.5 Å². The van der Waals surface area contributed by atoms with Crippen molar-refractivity contribution in [2.75, 3.05) is 0 Å². The molecule has 2 rings (SSSR count). The second-order valence-electron chi connectivity index (χ2n) is 8.44. The fourth-order valence-corrected chi connectivity index (χ4v) is 5.16. The van der Waals surface area contributed by atoms with Crippen LogP contribution in [0.25, 0.3) is 0 Å². The van der Waals surface area contributed by atoms with Crippen molar-refractivity contribution in [2.24, 2.45) is 23.2 Å². The van der Waals surface area contributed by atoms with Crippen LogP contribution in [0.4, 0.5) is 0 Å². The smallest absolute Gasteiger partial charge is 0.0591 e. The first kappa shape index (κ1) is 16.1. The van der Waals surface area contributed by atoms with Gasteiger partial charge in [-0.3, -0.25) is 0 Å². The molecule has 0 spiro atoms. The van der Waals surface area contributed by atoms with Gasteiger partial charge in [-0.15, -0.1) is 0 Å². The number of aliphatic hydroxyl groups is 1. The van der Waals surface area contributed by atoms with E-state index in [4.69, 9.17) is 0 Å². The minimum atomic E-state index is -0.526. The van der Waals surface area contributed by atoms with Gasteiger partial charge >= 0.3 is 0 Å². The summed E-state index contributed by atoms with van der Waals surface area (Å²) in [5, 5.41) is 9.84. The zero-order valence-corrected chi connectivity index (χ0v) is 14.0. The average Bonchev–Trinajstić information content (AvgIpc) is 2.66. The van der Waals surface area contributed by atoms with Gasteiger partial charge in [0, 0.05) is 0 Å². The normalized spacial score (nSPS) is 37.8. The Bertz CT molecular complexity index is 351. The van der Waals surface area contributed by atoms with Crippen LogP contribution >= 0.6 is 0 Å². The van der Waals surface area contributed by atoms with Gasteiger partial charge in [0.25, 0.3) is 0 Å². The lowest BCUT2D eigenvalue weighted by Crippen LogP contribution is -2.36. The molecule has 20 heavy (non-hydrogen) atoms. The molecule has 4 atom stereocenters. The molecule has 2 aliphatic carbocycles. The van der Waals surface area contributed by atoms with Gasteiger partial charge in [0.15, 0.2) is 0 Å². The van der Waals surface area contributed by atoms with Gasteiger partial charge < -0.3 is 5.11 Å². The van der Waals surface area contributed by atoms with Crippen LogP contribution in [0.1, 0.15) is 79.1 Å². The highest BCUT2D eigenvalue weighted by molar-refractivity contribution is 5.13. The fourth-order valence-electron chi connectivity index (χ4n) is 5.16. The molecule has 0 aromatic heterocycles. The van der Waals surface area contributed by atoms with E-state index in [9.17, 15) is 5.11 Å². The number of hydrogen-bond donors (Lipinski definition) is 1. The lowest BCUT2D eigenvalue weighted by Gasteiger charge is -2.45. The second-order valence-corrected chi connectivity index (χ2v) is 8.44. The minimum absolute atomic E-state index is 0.517. The molecular weight excluding hydrogens is 244 g/mol. The Morgan fingerprint density at radius 2 is 2.00 bits per heavy atom. The van der Waals surface area contributed by atoms with E-state index in [1.165, 1.54) is 37.7 Å². The molecule has 0 amide bonds. The fraction of sp³-hybridized carbons (Fsp3) is 0.895. The van der Waals surface area contributed by atoms with Crippen molar-refractivity contribution < 1.29 is 5.11 Å². The molecule has 0 bridgehead atoms. The monoisotopic (exact) mass is 278 g/mol. The maximum Gasteiger partial charge on any atom is 0.0591 e. The van der Waals surface area contributed by atoms with Crippen LogP contribution in [0.5, 0.6) is 0 Å². The summed E-state index contributed by atoms with van der Waals surface area (Å²) in [6.45, 7) is 13.2. The summed E-state index contributed by atoms with van der Waals surface area (Å²) in [7, 11) is 0. The quantitative estimate of drug-likeness (QED) is 0.673. The third-order valence-corrected chi connectivity index (χ3v) is 6.25. The molecular formula is C19H34O. The molecule has 2 fully saturated rings. The standard InChI is InChI=1S/C19H34O/c1-14(8-6-12-18(3,4)20)16-10-11-17-15(2)9-7-13-19(16,17)5/h15-17,20H,1,6-13H2,2-5H3. The number of fused-ring (bicyclic) bond motifs is 1. The third-order valence-electron chi connectivity index (χ3n) is 6.25. The van der Waals surface area contributed by atoms with Gasteiger partial charge in [-0.2, -0.15) is 0 Å². The van der Waals surface area contributed by atoms with E-state index in [0.29, 0.717) is 5.41 Å². The topological polar surface area (TPSA) is 20.2 Å². The molecule has 2 aliphatic rings. The molecule has 116 valence electrons. The Balaban J connectivity index is 1.94. The zero-order valence-electron chi connectivity index (χ0n) is 14.0. The van der Waals surface area contributed by atoms with Gasteiger partial charge in [0.1, 0.15) is 0 Å². The summed E-state index contributed by atoms with van der Waals surface area (Å²) in [5.41, 5.74) is 1.46. The molecule has 0 aromatic carbocycles. The summed E-state index contributed by atoms with van der Waals surface area (Å²) >= 11 is 0. The van der Waals surface area contributed by atoms with Crippen molar-refractivity contribution in [3.8, 4) is 0 Å². The summed E-state index contributed by atoms with van der Waals surface area (Å²) in [6, 6.07) is 0. The molecule has 1 nitrogen and oxygen atoms in total. The van der Waals surface area contributed by atoms with Crippen LogP contribution in [0, 0.1) is 23.2 Å². The van der Waals surface area contributed by atoms with Gasteiger partial charge in [-0.1, -0.05) is 38.8 Å². The van der Waals surface area contributed by atoms with Crippen molar-refractivity contribution in [3.63, 3.8) is 0 Å². The van der Waals surface area contributed by atoms with Crippen LogP contribution in [-0.4, -0.2) is 10.7 Å². The van der Waals surface area contributed by atoms with Crippen molar-refractivity contribution in [2.45, 2.75) is 84.7 Å². The Hall–Kier alpha value is -0.300. The molecule has 1 heteroatoms. The summed E-state index contributed by atoms with van der Waals surface area (Å²) in [4.78, 5) is 0. The van der Waals surface area contributed by atoms with E-state index in [0.717, 1.165) is 37.0 Å². The van der Waals surface area contributed by atoms with E-state index in [1.807, 2.05) is 13.8 Å². The van der Waals surface area contributed by atoms with Crippen molar-refractivity contribution in [1.29, 1.82) is 0 Å². The van der Waals surface area contributed by atoms with Crippen LogP contribution in [0.3, 0.4) is 0 Å². The number of hydrogen-bond acceptors (Lipinski definition) is 1. The first-order valence-corrected chi connectivity index (χ1v) is 8.64. The van der Waals surface area contributed by atoms with Crippen LogP contribution in [0.15, 0.2) is 12.2 Å². The molecule has 2 saturated carbocycles. The Morgan fingerprint density at radius 1 is 1.30 bits per heavy atom. The highest BCUT2D eigenvalue weighted by atomic mass is 16.3. The SMILES string of the molecule is C=C(CCCC(C)(C)O)C1CCC2C(C)CCCC12C. The Kier molecular flexibility index (Phi) is 4.69. The van der Waals surface area contributed by atoms with Crippen molar-refractivity contribution in [1.82, 2.24) is 0 Å². The van der Waals surface area contributed by atoms with Crippen LogP contribution in [0.2, 0.25) is 0 Å². The zero-order chi connectivity index (χ0) is 15.0. The van der Waals surface area contributed by atoms with Gasteiger partial charge in [0.05, 0.1) is 5.60 Å². The summed E-state index contributed by atoms with van der Waals surface area (Å²) in [6.07, 6.45) is 10.1. The lowest BCUT2D eigenvalue weighted by atomic mass is 9.60. The Morgan fingerprint density at radius 3 is 2.65 bits per heavy atom. The van der Waals surface area contributed by atoms with Gasteiger partial charge in [-0.25, -0.2) is 0 Å². The van der Waals surface area contributed by atoms with Crippen LogP contribution in [-0.2, 0) is 0 Å². The summed E-state index contributed by atoms with van der Waals surface area (Å²) < 4.78 is 0. The highest BCUT2D eigenvalue weighted by Gasteiger charge is 2.50. The van der Waals surface area contributed by atoms with E-state index in [1.54, 1.807) is 0 Å². The van der Waals surface area contributed by atoms with Gasteiger partial charge in [0.2, 0.25) is 0 Å². The largest absolute Gasteiger partial charge is 0.390 e. The minimum Gasteiger partial charge on any atom is -0.390 e. The first-order chi connectivity index (χ1) is 9.24. The number of rotatable bonds is 5. The number of allylic oxidation sites excluding steroid dienone is 1. The lowest BCUT2D eigenvalue weighted by molar-refractivity contribution is 0.0639. The molecule has 0 aromatic rings. The van der Waals surface area contributed by atoms with E-state index < -0.39 is 5.60 Å². The molecule has 0 radical (unpaired) electrons. The maximum atomic E-state index is 9.84. The van der Waals surface area contributed by atoms with E-state index in [-0.39, 0.29) is 0 Å². The molecule has 1 N–H and O–H groups in total. The van der Waals surface area contributed by atoms with Crippen molar-refractivity contribution in [3.05, 3.63) is 12.2 Å². The highest BCUT2D eigenvalue weighted by Crippen LogP contribution is 2.59. The summed E-state index contributed by atoms with van der Waals surface area (Å²) in [5.74, 6) is 2.56. The van der Waals surface area contributed by atoms with Crippen LogP contribution < -0.4 is 0 Å².